The van der Waals surface area contributed by atoms with Crippen molar-refractivity contribution in [3.63, 3.8) is 0 Å². The zero-order valence-corrected chi connectivity index (χ0v) is 15.1. The lowest BCUT2D eigenvalue weighted by Crippen LogP contribution is -2.21. The standard InChI is InChI=1S/C19H34O5/c1-3-14(20)11-12-16-15(17(21)13-18(16)22)9-7-5-4-6-8-10-19(23)24-2/h11-12,14-18,20-22H,3-10,13H2,1-2H3/b12-11+/t14-,15+,16-,17+,18-/m1/s1. The van der Waals surface area contributed by atoms with Crippen LogP contribution in [0.5, 0.6) is 0 Å². The van der Waals surface area contributed by atoms with Crippen LogP contribution in [0.3, 0.4) is 0 Å². The fraction of sp³-hybridized carbons (Fsp3) is 0.842. The van der Waals surface area contributed by atoms with Crippen LogP contribution in [-0.2, 0) is 9.53 Å². The summed E-state index contributed by atoms with van der Waals surface area (Å²) in [6.07, 6.45) is 9.60. The summed E-state index contributed by atoms with van der Waals surface area (Å²) in [4.78, 5) is 11.0. The number of aliphatic hydroxyl groups is 3. The molecule has 5 heteroatoms. The van der Waals surface area contributed by atoms with Gasteiger partial charge in [-0.2, -0.15) is 0 Å². The summed E-state index contributed by atoms with van der Waals surface area (Å²) >= 11 is 0. The quantitative estimate of drug-likeness (QED) is 0.305. The molecular weight excluding hydrogens is 308 g/mol. The van der Waals surface area contributed by atoms with Crippen molar-refractivity contribution < 1.29 is 24.9 Å². The zero-order valence-electron chi connectivity index (χ0n) is 15.1. The highest BCUT2D eigenvalue weighted by atomic mass is 16.5. The largest absolute Gasteiger partial charge is 0.469 e. The minimum absolute atomic E-state index is 0.0652. The van der Waals surface area contributed by atoms with Gasteiger partial charge in [-0.3, -0.25) is 4.79 Å². The van der Waals surface area contributed by atoms with E-state index < -0.39 is 18.3 Å². The molecule has 0 aromatic rings. The van der Waals surface area contributed by atoms with Crippen LogP contribution in [0.2, 0.25) is 0 Å². The molecule has 24 heavy (non-hydrogen) atoms. The second kappa shape index (κ2) is 11.6. The molecule has 1 aliphatic carbocycles. The van der Waals surface area contributed by atoms with E-state index in [1.165, 1.54) is 7.11 Å². The van der Waals surface area contributed by atoms with Gasteiger partial charge in [0.25, 0.3) is 0 Å². The van der Waals surface area contributed by atoms with Crippen molar-refractivity contribution in [1.29, 1.82) is 0 Å². The van der Waals surface area contributed by atoms with E-state index in [9.17, 15) is 20.1 Å². The summed E-state index contributed by atoms with van der Waals surface area (Å²) in [5.41, 5.74) is 0. The summed E-state index contributed by atoms with van der Waals surface area (Å²) in [7, 11) is 1.41. The van der Waals surface area contributed by atoms with Gasteiger partial charge in [0.1, 0.15) is 0 Å². The molecule has 0 amide bonds. The third-order valence-electron chi connectivity index (χ3n) is 5.04. The Labute approximate surface area is 145 Å². The van der Waals surface area contributed by atoms with Crippen LogP contribution in [0.1, 0.15) is 64.7 Å². The van der Waals surface area contributed by atoms with Crippen LogP contribution in [-0.4, -0.2) is 46.7 Å². The molecule has 5 atom stereocenters. The normalized spacial score (nSPS) is 28.4. The lowest BCUT2D eigenvalue weighted by molar-refractivity contribution is -0.140. The molecule has 1 saturated carbocycles. The number of rotatable bonds is 11. The van der Waals surface area contributed by atoms with Gasteiger partial charge in [-0.05, 0) is 25.2 Å². The van der Waals surface area contributed by atoms with Gasteiger partial charge in [0.05, 0.1) is 25.4 Å². The number of ether oxygens (including phenoxy) is 1. The van der Waals surface area contributed by atoms with Crippen molar-refractivity contribution >= 4 is 5.97 Å². The summed E-state index contributed by atoms with van der Waals surface area (Å²) in [6.45, 7) is 1.91. The number of carbonyl (C=O) groups excluding carboxylic acids is 1. The lowest BCUT2D eigenvalue weighted by Gasteiger charge is -2.21. The fourth-order valence-electron chi connectivity index (χ4n) is 3.45. The van der Waals surface area contributed by atoms with E-state index in [-0.39, 0.29) is 17.8 Å². The van der Waals surface area contributed by atoms with E-state index >= 15 is 0 Å². The van der Waals surface area contributed by atoms with Gasteiger partial charge < -0.3 is 20.1 Å². The van der Waals surface area contributed by atoms with E-state index in [4.69, 9.17) is 0 Å². The van der Waals surface area contributed by atoms with Gasteiger partial charge in [0.15, 0.2) is 0 Å². The van der Waals surface area contributed by atoms with Crippen LogP contribution < -0.4 is 0 Å². The number of esters is 1. The van der Waals surface area contributed by atoms with Crippen molar-refractivity contribution in [3.8, 4) is 0 Å². The van der Waals surface area contributed by atoms with Gasteiger partial charge in [-0.1, -0.05) is 44.8 Å². The number of aliphatic hydroxyl groups excluding tert-OH is 3. The van der Waals surface area contributed by atoms with Crippen molar-refractivity contribution in [1.82, 2.24) is 0 Å². The van der Waals surface area contributed by atoms with E-state index in [0.29, 0.717) is 19.3 Å². The van der Waals surface area contributed by atoms with E-state index in [2.05, 4.69) is 4.74 Å². The summed E-state index contributed by atoms with van der Waals surface area (Å²) in [5, 5.41) is 29.9. The first-order valence-corrected chi connectivity index (χ1v) is 9.28. The number of hydrogen-bond donors (Lipinski definition) is 3. The summed E-state index contributed by atoms with van der Waals surface area (Å²) in [6, 6.07) is 0. The van der Waals surface area contributed by atoms with Crippen molar-refractivity contribution in [2.45, 2.75) is 83.0 Å². The molecule has 0 aliphatic heterocycles. The molecular formula is C19H34O5. The molecule has 5 nitrogen and oxygen atoms in total. The Morgan fingerprint density at radius 1 is 1.17 bits per heavy atom. The third kappa shape index (κ3) is 7.32. The molecule has 1 fully saturated rings. The second-order valence-corrected chi connectivity index (χ2v) is 6.85. The Kier molecular flexibility index (Phi) is 10.2. The maximum Gasteiger partial charge on any atom is 0.305 e. The fourth-order valence-corrected chi connectivity index (χ4v) is 3.45. The van der Waals surface area contributed by atoms with Crippen LogP contribution >= 0.6 is 0 Å². The third-order valence-corrected chi connectivity index (χ3v) is 5.04. The molecule has 140 valence electrons. The van der Waals surface area contributed by atoms with Crippen molar-refractivity contribution in [2.24, 2.45) is 11.8 Å². The van der Waals surface area contributed by atoms with E-state index in [1.54, 1.807) is 6.08 Å². The molecule has 0 unspecified atom stereocenters. The Balaban J connectivity index is 2.28. The average Bonchev–Trinajstić information content (AvgIpc) is 2.84. The van der Waals surface area contributed by atoms with E-state index in [0.717, 1.165) is 38.5 Å². The summed E-state index contributed by atoms with van der Waals surface area (Å²) in [5.74, 6) is -0.155. The monoisotopic (exact) mass is 342 g/mol. The highest BCUT2D eigenvalue weighted by molar-refractivity contribution is 5.68. The van der Waals surface area contributed by atoms with Gasteiger partial charge in [0.2, 0.25) is 0 Å². The number of hydrogen-bond acceptors (Lipinski definition) is 5. The predicted octanol–water partition coefficient (Wildman–Crippen LogP) is 2.58. The average molecular weight is 342 g/mol. The molecule has 1 rings (SSSR count). The summed E-state index contributed by atoms with van der Waals surface area (Å²) < 4.78 is 4.61. The number of carbonyl (C=O) groups is 1. The highest BCUT2D eigenvalue weighted by Crippen LogP contribution is 2.37. The number of unbranched alkanes of at least 4 members (excludes halogenated alkanes) is 4. The first-order chi connectivity index (χ1) is 11.5. The molecule has 0 bridgehead atoms. The first kappa shape index (κ1) is 21.1. The molecule has 3 N–H and O–H groups in total. The Morgan fingerprint density at radius 2 is 1.83 bits per heavy atom. The predicted molar refractivity (Wildman–Crippen MR) is 93.4 cm³/mol. The minimum atomic E-state index is -0.523. The maximum atomic E-state index is 11.0. The Hall–Kier alpha value is -0.910. The highest BCUT2D eigenvalue weighted by Gasteiger charge is 2.39. The van der Waals surface area contributed by atoms with Crippen LogP contribution in [0.25, 0.3) is 0 Å². The topological polar surface area (TPSA) is 87.0 Å². The van der Waals surface area contributed by atoms with Crippen molar-refractivity contribution in [3.05, 3.63) is 12.2 Å². The molecule has 0 aromatic heterocycles. The minimum Gasteiger partial charge on any atom is -0.469 e. The molecule has 1 aliphatic rings. The van der Waals surface area contributed by atoms with Gasteiger partial charge >= 0.3 is 5.97 Å². The zero-order chi connectivity index (χ0) is 17.9. The molecule has 0 heterocycles. The van der Waals surface area contributed by atoms with Crippen molar-refractivity contribution in [2.75, 3.05) is 7.11 Å². The van der Waals surface area contributed by atoms with Gasteiger partial charge in [-0.15, -0.1) is 0 Å². The van der Waals surface area contributed by atoms with Gasteiger partial charge in [0, 0.05) is 18.8 Å². The molecule has 0 spiro atoms. The van der Waals surface area contributed by atoms with Gasteiger partial charge in [-0.25, -0.2) is 0 Å². The molecule has 0 aromatic carbocycles. The smallest absolute Gasteiger partial charge is 0.305 e. The Morgan fingerprint density at radius 3 is 2.50 bits per heavy atom. The first-order valence-electron chi connectivity index (χ1n) is 9.28. The van der Waals surface area contributed by atoms with Crippen LogP contribution in [0, 0.1) is 11.8 Å². The molecule has 0 saturated heterocycles. The lowest BCUT2D eigenvalue weighted by atomic mass is 9.88. The number of methoxy groups -OCH3 is 1. The van der Waals surface area contributed by atoms with Crippen LogP contribution in [0.15, 0.2) is 12.2 Å². The van der Waals surface area contributed by atoms with E-state index in [1.807, 2.05) is 13.0 Å². The second-order valence-electron chi connectivity index (χ2n) is 6.85. The van der Waals surface area contributed by atoms with Crippen LogP contribution in [0.4, 0.5) is 0 Å². The maximum absolute atomic E-state index is 11.0. The molecule has 0 radical (unpaired) electrons. The SMILES string of the molecule is CC[C@@H](O)/C=C/[C@@H]1[C@H](CCCCCCCC(=O)OC)[C@@H](O)C[C@H]1O. The Bertz CT molecular complexity index is 382.